The molecule has 0 aliphatic carbocycles. The van der Waals surface area contributed by atoms with E-state index in [0.29, 0.717) is 19.7 Å². The average Bonchev–Trinajstić information content (AvgIpc) is 2.96. The number of ether oxygens (including phenoxy) is 2. The van der Waals surface area contributed by atoms with Gasteiger partial charge in [-0.15, -0.1) is 0 Å². The summed E-state index contributed by atoms with van der Waals surface area (Å²) in [7, 11) is 0. The fourth-order valence-electron chi connectivity index (χ4n) is 3.64. The Kier molecular flexibility index (Phi) is 6.07. The second kappa shape index (κ2) is 8.25. The maximum atomic E-state index is 14.7. The Morgan fingerprint density at radius 3 is 2.37 bits per heavy atom. The van der Waals surface area contributed by atoms with Crippen molar-refractivity contribution in [1.82, 2.24) is 4.90 Å². The average molecular weight is 427 g/mol. The van der Waals surface area contributed by atoms with Crippen molar-refractivity contribution in [3.8, 4) is 0 Å². The molecule has 30 heavy (non-hydrogen) atoms. The Labute approximate surface area is 173 Å². The van der Waals surface area contributed by atoms with Gasteiger partial charge in [0, 0.05) is 37.4 Å². The minimum Gasteiger partial charge on any atom is -0.465 e. The van der Waals surface area contributed by atoms with Crippen molar-refractivity contribution < 1.29 is 33.0 Å². The van der Waals surface area contributed by atoms with Crippen molar-refractivity contribution in [3.05, 3.63) is 23.8 Å². The van der Waals surface area contributed by atoms with Gasteiger partial charge in [-0.2, -0.15) is 0 Å². The Balaban J connectivity index is 1.72. The van der Waals surface area contributed by atoms with Crippen LogP contribution < -0.4 is 9.80 Å². The summed E-state index contributed by atoms with van der Waals surface area (Å²) < 4.78 is 40.0. The maximum absolute atomic E-state index is 14.7. The van der Waals surface area contributed by atoms with Crippen LogP contribution in [0.3, 0.4) is 0 Å². The molecule has 2 aliphatic heterocycles. The standard InChI is InChI=1S/C20H27F2N3O5/c1-5-29-13-8-23(9-13)17-15(21)6-12(7-16(17)22)24-10-14(30-19(24)28)11-25(18(26)27)20(2,3)4/h6-7,13-14H,5,8-11H2,1-4H3,(H,26,27)/t14-/m1/s1. The SMILES string of the molecule is CCOC1CN(c2c(F)cc(N3C[C@H](CN(C(=O)O)C(C)(C)C)OC3=O)cc2F)C1. The van der Waals surface area contributed by atoms with E-state index in [1.807, 2.05) is 6.92 Å². The van der Waals surface area contributed by atoms with E-state index < -0.39 is 35.5 Å². The molecule has 0 saturated carbocycles. The zero-order chi connectivity index (χ0) is 22.2. The lowest BCUT2D eigenvalue weighted by Gasteiger charge is -2.40. The van der Waals surface area contributed by atoms with Gasteiger partial charge < -0.3 is 19.5 Å². The highest BCUT2D eigenvalue weighted by molar-refractivity contribution is 5.90. The van der Waals surface area contributed by atoms with Crippen LogP contribution in [0.5, 0.6) is 0 Å². The molecule has 2 fully saturated rings. The highest BCUT2D eigenvalue weighted by Gasteiger charge is 2.38. The van der Waals surface area contributed by atoms with Gasteiger partial charge in [0.25, 0.3) is 0 Å². The summed E-state index contributed by atoms with van der Waals surface area (Å²) >= 11 is 0. The maximum Gasteiger partial charge on any atom is 0.414 e. The van der Waals surface area contributed by atoms with Gasteiger partial charge >= 0.3 is 12.2 Å². The molecule has 10 heteroatoms. The number of carbonyl (C=O) groups excluding carboxylic acids is 1. The van der Waals surface area contributed by atoms with E-state index in [4.69, 9.17) is 9.47 Å². The van der Waals surface area contributed by atoms with Crippen LogP contribution >= 0.6 is 0 Å². The quantitative estimate of drug-likeness (QED) is 0.750. The van der Waals surface area contributed by atoms with Crippen LogP contribution in [0.2, 0.25) is 0 Å². The Morgan fingerprint density at radius 1 is 1.27 bits per heavy atom. The van der Waals surface area contributed by atoms with Crippen molar-refractivity contribution in [1.29, 1.82) is 0 Å². The zero-order valence-corrected chi connectivity index (χ0v) is 17.5. The number of hydrogen-bond donors (Lipinski definition) is 1. The van der Waals surface area contributed by atoms with Crippen molar-refractivity contribution >= 4 is 23.6 Å². The minimum atomic E-state index is -1.14. The Bertz CT molecular complexity index is 800. The second-order valence-electron chi connectivity index (χ2n) is 8.42. The summed E-state index contributed by atoms with van der Waals surface area (Å²) in [6, 6.07) is 2.18. The monoisotopic (exact) mass is 427 g/mol. The predicted octanol–water partition coefficient (Wildman–Crippen LogP) is 3.29. The molecule has 0 spiro atoms. The van der Waals surface area contributed by atoms with Gasteiger partial charge in [0.2, 0.25) is 0 Å². The molecule has 2 heterocycles. The Hall–Kier alpha value is -2.62. The van der Waals surface area contributed by atoms with Crippen LogP contribution in [-0.2, 0) is 9.47 Å². The summed E-state index contributed by atoms with van der Waals surface area (Å²) in [6.45, 7) is 8.32. The van der Waals surface area contributed by atoms with Gasteiger partial charge in [-0.05, 0) is 27.7 Å². The van der Waals surface area contributed by atoms with Crippen molar-refractivity contribution in [3.63, 3.8) is 0 Å². The first-order valence-electron chi connectivity index (χ1n) is 9.85. The third-order valence-corrected chi connectivity index (χ3v) is 5.18. The molecule has 0 aromatic heterocycles. The van der Waals surface area contributed by atoms with Crippen LogP contribution in [0.25, 0.3) is 0 Å². The lowest BCUT2D eigenvalue weighted by Crippen LogP contribution is -2.53. The molecule has 2 saturated heterocycles. The lowest BCUT2D eigenvalue weighted by molar-refractivity contribution is 0.0425. The molecule has 0 radical (unpaired) electrons. The molecule has 0 bridgehead atoms. The first-order chi connectivity index (χ1) is 14.0. The fourth-order valence-corrected chi connectivity index (χ4v) is 3.64. The molecule has 1 N–H and O–H groups in total. The normalized spacial score (nSPS) is 19.7. The van der Waals surface area contributed by atoms with Crippen LogP contribution in [0, 0.1) is 11.6 Å². The number of amides is 2. The third-order valence-electron chi connectivity index (χ3n) is 5.18. The van der Waals surface area contributed by atoms with Gasteiger partial charge in [-0.3, -0.25) is 9.80 Å². The Morgan fingerprint density at radius 2 is 1.87 bits per heavy atom. The summed E-state index contributed by atoms with van der Waals surface area (Å²) in [6.07, 6.45) is -2.71. The van der Waals surface area contributed by atoms with Gasteiger partial charge in [0.15, 0.2) is 11.6 Å². The number of carboxylic acid groups (broad SMARTS) is 1. The molecular formula is C20H27F2N3O5. The van der Waals surface area contributed by atoms with E-state index in [2.05, 4.69) is 0 Å². The third kappa shape index (κ3) is 4.43. The van der Waals surface area contributed by atoms with E-state index in [-0.39, 0.29) is 30.6 Å². The summed E-state index contributed by atoms with van der Waals surface area (Å²) in [5.74, 6) is -1.56. The first kappa shape index (κ1) is 22.1. The van der Waals surface area contributed by atoms with Crippen molar-refractivity contribution in [2.24, 2.45) is 0 Å². The largest absolute Gasteiger partial charge is 0.465 e. The molecule has 1 aromatic carbocycles. The number of anilines is 2. The van der Waals surface area contributed by atoms with E-state index in [1.54, 1.807) is 25.7 Å². The van der Waals surface area contributed by atoms with Gasteiger partial charge in [-0.1, -0.05) is 0 Å². The van der Waals surface area contributed by atoms with Crippen LogP contribution in [-0.4, -0.2) is 72.7 Å². The number of rotatable bonds is 6. The molecule has 2 aliphatic rings. The van der Waals surface area contributed by atoms with E-state index in [9.17, 15) is 23.5 Å². The molecule has 8 nitrogen and oxygen atoms in total. The molecular weight excluding hydrogens is 400 g/mol. The molecule has 0 unspecified atom stereocenters. The molecule has 1 atom stereocenters. The van der Waals surface area contributed by atoms with Crippen LogP contribution in [0.4, 0.5) is 29.7 Å². The van der Waals surface area contributed by atoms with E-state index >= 15 is 0 Å². The molecule has 3 rings (SSSR count). The molecule has 166 valence electrons. The number of carbonyl (C=O) groups is 2. The van der Waals surface area contributed by atoms with Crippen LogP contribution in [0.1, 0.15) is 27.7 Å². The topological polar surface area (TPSA) is 82.6 Å². The number of cyclic esters (lactones) is 1. The van der Waals surface area contributed by atoms with E-state index in [0.717, 1.165) is 21.9 Å². The fraction of sp³-hybridized carbons (Fsp3) is 0.600. The highest BCUT2D eigenvalue weighted by atomic mass is 19.1. The van der Waals surface area contributed by atoms with Crippen molar-refractivity contribution in [2.45, 2.75) is 45.4 Å². The minimum absolute atomic E-state index is 0.00690. The highest BCUT2D eigenvalue weighted by Crippen LogP contribution is 2.33. The summed E-state index contributed by atoms with van der Waals surface area (Å²) in [5.41, 5.74) is -0.813. The summed E-state index contributed by atoms with van der Waals surface area (Å²) in [5, 5.41) is 9.41. The molecule has 1 aromatic rings. The van der Waals surface area contributed by atoms with Crippen LogP contribution in [0.15, 0.2) is 12.1 Å². The van der Waals surface area contributed by atoms with Crippen molar-refractivity contribution in [2.75, 3.05) is 42.6 Å². The second-order valence-corrected chi connectivity index (χ2v) is 8.42. The number of halogens is 2. The van der Waals surface area contributed by atoms with Gasteiger partial charge in [0.1, 0.15) is 11.8 Å². The zero-order valence-electron chi connectivity index (χ0n) is 17.5. The predicted molar refractivity (Wildman–Crippen MR) is 106 cm³/mol. The summed E-state index contributed by atoms with van der Waals surface area (Å²) in [4.78, 5) is 27.6. The smallest absolute Gasteiger partial charge is 0.414 e. The number of benzene rings is 1. The van der Waals surface area contributed by atoms with E-state index in [1.165, 1.54) is 0 Å². The first-order valence-corrected chi connectivity index (χ1v) is 9.85. The van der Waals surface area contributed by atoms with Gasteiger partial charge in [-0.25, -0.2) is 18.4 Å². The van der Waals surface area contributed by atoms with Gasteiger partial charge in [0.05, 0.1) is 24.9 Å². The number of hydrogen-bond acceptors (Lipinski definition) is 5. The number of nitrogens with zero attached hydrogens (tertiary/aromatic N) is 3. The molecule has 2 amide bonds. The lowest BCUT2D eigenvalue weighted by atomic mass is 10.1.